The van der Waals surface area contributed by atoms with Gasteiger partial charge < -0.3 is 24.3 Å². The van der Waals surface area contributed by atoms with E-state index in [1.165, 1.54) is 5.56 Å². The maximum Gasteiger partial charge on any atom is 0.194 e. The van der Waals surface area contributed by atoms with Gasteiger partial charge in [0.2, 0.25) is 0 Å². The molecule has 0 bridgehead atoms. The summed E-state index contributed by atoms with van der Waals surface area (Å²) >= 11 is 0. The Morgan fingerprint density at radius 2 is 1.93 bits per heavy atom. The van der Waals surface area contributed by atoms with Crippen LogP contribution in [0.25, 0.3) is 0 Å². The number of methoxy groups -OCH3 is 2. The molecule has 1 aromatic carbocycles. The molecule has 0 aliphatic rings. The molecule has 1 aromatic heterocycles. The molecule has 160 valence electrons. The van der Waals surface area contributed by atoms with Crippen molar-refractivity contribution in [3.8, 4) is 11.5 Å². The number of rotatable bonds is 10. The van der Waals surface area contributed by atoms with Crippen molar-refractivity contribution in [2.75, 3.05) is 34.4 Å². The molecule has 0 saturated carbocycles. The van der Waals surface area contributed by atoms with E-state index in [2.05, 4.69) is 45.8 Å². The molecule has 0 radical (unpaired) electrons. The zero-order chi connectivity index (χ0) is 21.2. The summed E-state index contributed by atoms with van der Waals surface area (Å²) in [6.07, 6.45) is 3.65. The number of benzene rings is 1. The minimum Gasteiger partial charge on any atom is -0.493 e. The van der Waals surface area contributed by atoms with Crippen LogP contribution < -0.4 is 14.8 Å². The lowest BCUT2D eigenvalue weighted by molar-refractivity contribution is 0.353. The van der Waals surface area contributed by atoms with Gasteiger partial charge in [-0.1, -0.05) is 13.8 Å². The van der Waals surface area contributed by atoms with Crippen molar-refractivity contribution in [3.63, 3.8) is 0 Å². The molecule has 2 aromatic rings. The Balaban J connectivity index is 2.07. The predicted octanol–water partition coefficient (Wildman–Crippen LogP) is 2.65. The molecule has 0 amide bonds. The van der Waals surface area contributed by atoms with Crippen molar-refractivity contribution < 1.29 is 9.47 Å². The third kappa shape index (κ3) is 6.10. The molecule has 0 spiro atoms. The lowest BCUT2D eigenvalue weighted by atomic mass is 10.1. The first kappa shape index (κ1) is 22.5. The van der Waals surface area contributed by atoms with Crippen LogP contribution in [-0.4, -0.2) is 60.0 Å². The molecule has 8 nitrogen and oxygen atoms in total. The van der Waals surface area contributed by atoms with Gasteiger partial charge in [-0.25, -0.2) is 0 Å². The lowest BCUT2D eigenvalue weighted by Gasteiger charge is -2.24. The summed E-state index contributed by atoms with van der Waals surface area (Å²) in [6.45, 7) is 9.34. The van der Waals surface area contributed by atoms with Crippen molar-refractivity contribution in [1.29, 1.82) is 0 Å². The highest BCUT2D eigenvalue weighted by Crippen LogP contribution is 2.30. The maximum atomic E-state index is 5.46. The highest BCUT2D eigenvalue weighted by Gasteiger charge is 2.13. The number of hydrogen-bond acceptors (Lipinski definition) is 5. The van der Waals surface area contributed by atoms with Crippen LogP contribution in [0.1, 0.15) is 37.2 Å². The number of nitrogens with one attached hydrogen (secondary N) is 1. The van der Waals surface area contributed by atoms with Gasteiger partial charge in [-0.3, -0.25) is 4.99 Å². The van der Waals surface area contributed by atoms with Gasteiger partial charge in [0.05, 0.1) is 14.2 Å². The van der Waals surface area contributed by atoms with Crippen molar-refractivity contribution in [2.45, 2.75) is 46.7 Å². The van der Waals surface area contributed by atoms with Crippen LogP contribution in [0.2, 0.25) is 0 Å². The number of ether oxygens (including phenoxy) is 2. The average molecular weight is 403 g/mol. The van der Waals surface area contributed by atoms with Gasteiger partial charge in [-0.05, 0) is 36.6 Å². The van der Waals surface area contributed by atoms with Gasteiger partial charge in [0, 0.05) is 39.6 Å². The Bertz CT molecular complexity index is 802. The molecule has 0 atom stereocenters. The second kappa shape index (κ2) is 11.3. The Labute approximate surface area is 173 Å². The van der Waals surface area contributed by atoms with Gasteiger partial charge in [0.25, 0.3) is 0 Å². The van der Waals surface area contributed by atoms with E-state index in [1.54, 1.807) is 20.5 Å². The van der Waals surface area contributed by atoms with E-state index < -0.39 is 0 Å². The van der Waals surface area contributed by atoms with Crippen molar-refractivity contribution >= 4 is 5.96 Å². The Kier molecular flexibility index (Phi) is 8.76. The summed E-state index contributed by atoms with van der Waals surface area (Å²) in [5.41, 5.74) is 2.32. The standard InChI is InChI=1S/C21H34N6O2/c1-7-9-22-21(23-10-11-27-15-24-25-20(27)8-2)26(4)14-17-13-19(29-6)18(28-5)12-16(17)3/h12-13,15H,7-11,14H2,1-6H3,(H,22,23). The van der Waals surface area contributed by atoms with E-state index in [4.69, 9.17) is 14.5 Å². The molecular formula is C21H34N6O2. The molecule has 0 aliphatic carbocycles. The Morgan fingerprint density at radius 3 is 2.59 bits per heavy atom. The van der Waals surface area contributed by atoms with E-state index in [9.17, 15) is 0 Å². The van der Waals surface area contributed by atoms with Crippen molar-refractivity contribution in [2.24, 2.45) is 4.99 Å². The summed E-state index contributed by atoms with van der Waals surface area (Å²) in [6, 6.07) is 4.05. The average Bonchev–Trinajstić information content (AvgIpc) is 3.18. The summed E-state index contributed by atoms with van der Waals surface area (Å²) in [7, 11) is 5.36. The van der Waals surface area contributed by atoms with Crippen molar-refractivity contribution in [1.82, 2.24) is 25.0 Å². The van der Waals surface area contributed by atoms with Crippen LogP contribution in [0.5, 0.6) is 11.5 Å². The molecule has 0 aliphatic heterocycles. The first-order valence-electron chi connectivity index (χ1n) is 10.1. The molecule has 0 saturated heterocycles. The lowest BCUT2D eigenvalue weighted by Crippen LogP contribution is -2.40. The summed E-state index contributed by atoms with van der Waals surface area (Å²) in [5.74, 6) is 3.36. The zero-order valence-corrected chi connectivity index (χ0v) is 18.5. The van der Waals surface area contributed by atoms with Gasteiger partial charge in [-0.2, -0.15) is 0 Å². The van der Waals surface area contributed by atoms with Crippen LogP contribution in [0, 0.1) is 6.92 Å². The summed E-state index contributed by atoms with van der Waals surface area (Å²) in [5, 5.41) is 11.6. The Hall–Kier alpha value is -2.77. The van der Waals surface area contributed by atoms with Crippen LogP contribution >= 0.6 is 0 Å². The highest BCUT2D eigenvalue weighted by molar-refractivity contribution is 5.79. The predicted molar refractivity (Wildman–Crippen MR) is 116 cm³/mol. The van der Waals surface area contributed by atoms with Crippen LogP contribution in [-0.2, 0) is 19.5 Å². The zero-order valence-electron chi connectivity index (χ0n) is 18.5. The molecule has 2 rings (SSSR count). The van der Waals surface area contributed by atoms with Crippen LogP contribution in [0.15, 0.2) is 23.5 Å². The monoisotopic (exact) mass is 402 g/mol. The summed E-state index contributed by atoms with van der Waals surface area (Å²) < 4.78 is 12.9. The van der Waals surface area contributed by atoms with Crippen LogP contribution in [0.3, 0.4) is 0 Å². The maximum absolute atomic E-state index is 5.46. The van der Waals surface area contributed by atoms with Gasteiger partial charge in [-0.15, -0.1) is 10.2 Å². The first-order chi connectivity index (χ1) is 14.0. The molecule has 8 heteroatoms. The van der Waals surface area contributed by atoms with E-state index in [1.807, 2.05) is 19.2 Å². The van der Waals surface area contributed by atoms with E-state index >= 15 is 0 Å². The number of aryl methyl sites for hydroxylation is 2. The molecule has 1 heterocycles. The van der Waals surface area contributed by atoms with Gasteiger partial charge in [0.1, 0.15) is 12.2 Å². The van der Waals surface area contributed by atoms with Crippen molar-refractivity contribution in [3.05, 3.63) is 35.4 Å². The SMILES string of the molecule is CCCN=C(NCCn1cnnc1CC)N(C)Cc1cc(OC)c(OC)cc1C. The second-order valence-electron chi connectivity index (χ2n) is 6.92. The van der Waals surface area contributed by atoms with E-state index in [-0.39, 0.29) is 0 Å². The number of aliphatic imine (C=N–C) groups is 1. The molecule has 0 unspecified atom stereocenters. The van der Waals surface area contributed by atoms with Crippen LogP contribution in [0.4, 0.5) is 0 Å². The Morgan fingerprint density at radius 1 is 1.21 bits per heavy atom. The fourth-order valence-electron chi connectivity index (χ4n) is 3.08. The largest absolute Gasteiger partial charge is 0.493 e. The number of hydrogen-bond donors (Lipinski definition) is 1. The third-order valence-electron chi connectivity index (χ3n) is 4.74. The smallest absolute Gasteiger partial charge is 0.194 e. The topological polar surface area (TPSA) is 76.8 Å². The molecule has 0 fully saturated rings. The van der Waals surface area contributed by atoms with Gasteiger partial charge in [0.15, 0.2) is 17.5 Å². The minimum atomic E-state index is 0.717. The third-order valence-corrected chi connectivity index (χ3v) is 4.74. The number of nitrogens with zero attached hydrogens (tertiary/aromatic N) is 5. The molecular weight excluding hydrogens is 368 g/mol. The fourth-order valence-corrected chi connectivity index (χ4v) is 3.08. The summed E-state index contributed by atoms with van der Waals surface area (Å²) in [4.78, 5) is 6.88. The number of aromatic nitrogens is 3. The van der Waals surface area contributed by atoms with Gasteiger partial charge >= 0.3 is 0 Å². The van der Waals surface area contributed by atoms with E-state index in [0.29, 0.717) is 6.54 Å². The highest BCUT2D eigenvalue weighted by atomic mass is 16.5. The molecule has 29 heavy (non-hydrogen) atoms. The first-order valence-corrected chi connectivity index (χ1v) is 10.1. The quantitative estimate of drug-likeness (QED) is 0.486. The second-order valence-corrected chi connectivity index (χ2v) is 6.92. The number of guanidine groups is 1. The normalized spacial score (nSPS) is 11.4. The fraction of sp³-hybridized carbons (Fsp3) is 0.571. The van der Waals surface area contributed by atoms with E-state index in [0.717, 1.165) is 61.3 Å². The molecule has 1 N–H and O–H groups in total. The minimum absolute atomic E-state index is 0.717.